The molecule has 6 nitrogen and oxygen atoms in total. The van der Waals surface area contributed by atoms with Gasteiger partial charge < -0.3 is 14.6 Å². The van der Waals surface area contributed by atoms with Crippen LogP contribution in [0.3, 0.4) is 0 Å². The van der Waals surface area contributed by atoms with Gasteiger partial charge in [-0.1, -0.05) is 0 Å². The van der Waals surface area contributed by atoms with Crippen molar-refractivity contribution in [3.05, 3.63) is 53.9 Å². The second-order valence-electron chi connectivity index (χ2n) is 5.78. The molecule has 2 aromatic rings. The lowest BCUT2D eigenvalue weighted by Crippen LogP contribution is -2.49. The van der Waals surface area contributed by atoms with Gasteiger partial charge in [-0.25, -0.2) is 0 Å². The Hall–Kier alpha value is -2.60. The maximum atomic E-state index is 11.9. The molecule has 0 bridgehead atoms. The molecule has 1 unspecified atom stereocenters. The highest BCUT2D eigenvalue weighted by atomic mass is 16.5. The van der Waals surface area contributed by atoms with E-state index in [9.17, 15) is 9.90 Å². The first kappa shape index (κ1) is 16.3. The number of aromatic nitrogens is 1. The average Bonchev–Trinajstić information content (AvgIpc) is 2.57. The minimum atomic E-state index is -0.894. The number of ether oxygens (including phenoxy) is 2. The molecule has 1 N–H and O–H groups in total. The largest absolute Gasteiger partial charge is 0.497 e. The van der Waals surface area contributed by atoms with Gasteiger partial charge in [-0.3, -0.25) is 14.7 Å². The summed E-state index contributed by atoms with van der Waals surface area (Å²) in [5, 5.41) is 9.75. The first-order valence-corrected chi connectivity index (χ1v) is 7.72. The van der Waals surface area contributed by atoms with Crippen LogP contribution in [-0.4, -0.2) is 48.3 Å². The molecule has 2 heterocycles. The lowest BCUT2D eigenvalue weighted by atomic mass is 9.89. The minimum Gasteiger partial charge on any atom is -0.497 e. The Labute approximate surface area is 140 Å². The highest BCUT2D eigenvalue weighted by Gasteiger charge is 2.39. The van der Waals surface area contributed by atoms with E-state index in [1.54, 1.807) is 44.8 Å². The molecular weight excluding hydrogens is 308 g/mol. The molecule has 1 aromatic heterocycles. The molecule has 0 spiro atoms. The van der Waals surface area contributed by atoms with E-state index in [1.807, 2.05) is 17.0 Å². The molecule has 1 aliphatic rings. The number of likely N-dealkylation sites (tertiary alicyclic amines) is 1. The third-order valence-corrected chi connectivity index (χ3v) is 4.42. The van der Waals surface area contributed by atoms with Crippen molar-refractivity contribution in [2.24, 2.45) is 0 Å². The quantitative estimate of drug-likeness (QED) is 0.877. The third-order valence-electron chi connectivity index (χ3n) is 4.42. The highest BCUT2D eigenvalue weighted by molar-refractivity contribution is 5.77. The molecule has 0 radical (unpaired) electrons. The van der Waals surface area contributed by atoms with Crippen LogP contribution < -0.4 is 9.47 Å². The number of benzene rings is 1. The van der Waals surface area contributed by atoms with Crippen molar-refractivity contribution in [2.75, 3.05) is 27.3 Å². The van der Waals surface area contributed by atoms with E-state index in [1.165, 1.54) is 5.56 Å². The summed E-state index contributed by atoms with van der Waals surface area (Å²) in [6.45, 7) is 1.36. The first-order chi connectivity index (χ1) is 11.6. The van der Waals surface area contributed by atoms with Crippen LogP contribution >= 0.6 is 0 Å². The summed E-state index contributed by atoms with van der Waals surface area (Å²) < 4.78 is 10.6. The van der Waals surface area contributed by atoms with Gasteiger partial charge >= 0.3 is 5.97 Å². The average molecular weight is 328 g/mol. The third kappa shape index (κ3) is 3.05. The zero-order valence-corrected chi connectivity index (χ0v) is 13.7. The van der Waals surface area contributed by atoms with Crippen molar-refractivity contribution >= 4 is 5.97 Å². The molecule has 24 heavy (non-hydrogen) atoms. The number of carboxylic acid groups (broad SMARTS) is 1. The SMILES string of the molecule is COc1ccc(OC)c(C(C(=O)O)N2CC(c3ccncc3)C2)c1. The molecule has 1 fully saturated rings. The van der Waals surface area contributed by atoms with Crippen molar-refractivity contribution < 1.29 is 19.4 Å². The minimum absolute atomic E-state index is 0.325. The molecule has 0 amide bonds. The number of nitrogens with zero attached hydrogens (tertiary/aromatic N) is 2. The second kappa shape index (κ2) is 6.88. The van der Waals surface area contributed by atoms with Gasteiger partial charge in [-0.2, -0.15) is 0 Å². The van der Waals surface area contributed by atoms with E-state index in [4.69, 9.17) is 9.47 Å². The summed E-state index contributed by atoms with van der Waals surface area (Å²) in [5.41, 5.74) is 1.79. The van der Waals surface area contributed by atoms with Crippen LogP contribution in [0.2, 0.25) is 0 Å². The number of carboxylic acids is 1. The maximum absolute atomic E-state index is 11.9. The molecule has 1 saturated heterocycles. The smallest absolute Gasteiger partial charge is 0.325 e. The lowest BCUT2D eigenvalue weighted by molar-refractivity contribution is -0.145. The number of carbonyl (C=O) groups is 1. The zero-order valence-electron chi connectivity index (χ0n) is 13.7. The zero-order chi connectivity index (χ0) is 17.1. The van der Waals surface area contributed by atoms with Crippen LogP contribution in [0.4, 0.5) is 0 Å². The number of hydrogen-bond acceptors (Lipinski definition) is 5. The monoisotopic (exact) mass is 328 g/mol. The summed E-state index contributed by atoms with van der Waals surface area (Å²) in [7, 11) is 3.10. The van der Waals surface area contributed by atoms with E-state index in [0.717, 1.165) is 0 Å². The van der Waals surface area contributed by atoms with Gasteiger partial charge in [0.1, 0.15) is 17.5 Å². The van der Waals surface area contributed by atoms with E-state index in [2.05, 4.69) is 4.98 Å². The fourth-order valence-corrected chi connectivity index (χ4v) is 3.11. The predicted molar refractivity (Wildman–Crippen MR) is 88.5 cm³/mol. The van der Waals surface area contributed by atoms with Gasteiger partial charge in [0, 0.05) is 37.0 Å². The summed E-state index contributed by atoms with van der Waals surface area (Å²) in [6, 6.07) is 8.43. The lowest BCUT2D eigenvalue weighted by Gasteiger charge is -2.43. The van der Waals surface area contributed by atoms with Gasteiger partial charge in [0.05, 0.1) is 14.2 Å². The highest BCUT2D eigenvalue weighted by Crippen LogP contribution is 2.38. The maximum Gasteiger partial charge on any atom is 0.325 e. The molecule has 3 rings (SSSR count). The van der Waals surface area contributed by atoms with E-state index < -0.39 is 12.0 Å². The Morgan fingerprint density at radius 1 is 1.21 bits per heavy atom. The Kier molecular flexibility index (Phi) is 4.66. The summed E-state index contributed by atoms with van der Waals surface area (Å²) in [4.78, 5) is 17.9. The molecule has 126 valence electrons. The summed E-state index contributed by atoms with van der Waals surface area (Å²) in [6.07, 6.45) is 3.52. The van der Waals surface area contributed by atoms with Gasteiger partial charge in [-0.05, 0) is 35.9 Å². The molecule has 6 heteroatoms. The summed E-state index contributed by atoms with van der Waals surface area (Å²) in [5.74, 6) is 0.597. The molecule has 1 aliphatic heterocycles. The number of methoxy groups -OCH3 is 2. The molecule has 1 aromatic carbocycles. The normalized spacial score (nSPS) is 16.2. The van der Waals surface area contributed by atoms with E-state index in [0.29, 0.717) is 36.1 Å². The van der Waals surface area contributed by atoms with Gasteiger partial charge in [0.25, 0.3) is 0 Å². The van der Waals surface area contributed by atoms with E-state index in [-0.39, 0.29) is 0 Å². The predicted octanol–water partition coefficient (Wildman–Crippen LogP) is 2.32. The molecule has 0 saturated carbocycles. The van der Waals surface area contributed by atoms with Crippen LogP contribution in [0.1, 0.15) is 23.1 Å². The van der Waals surface area contributed by atoms with Gasteiger partial charge in [0.15, 0.2) is 0 Å². The Morgan fingerprint density at radius 2 is 1.92 bits per heavy atom. The Morgan fingerprint density at radius 3 is 2.50 bits per heavy atom. The fourth-order valence-electron chi connectivity index (χ4n) is 3.11. The number of rotatable bonds is 6. The van der Waals surface area contributed by atoms with Gasteiger partial charge in [-0.15, -0.1) is 0 Å². The Balaban J connectivity index is 1.83. The van der Waals surface area contributed by atoms with Crippen molar-refractivity contribution in [3.8, 4) is 11.5 Å². The fraction of sp³-hybridized carbons (Fsp3) is 0.333. The molecular formula is C18H20N2O4. The number of aliphatic carboxylic acids is 1. The van der Waals surface area contributed by atoms with Crippen LogP contribution in [0, 0.1) is 0 Å². The van der Waals surface area contributed by atoms with Crippen molar-refractivity contribution in [2.45, 2.75) is 12.0 Å². The molecule has 0 aliphatic carbocycles. The van der Waals surface area contributed by atoms with Crippen molar-refractivity contribution in [1.82, 2.24) is 9.88 Å². The second-order valence-corrected chi connectivity index (χ2v) is 5.78. The summed E-state index contributed by atoms with van der Waals surface area (Å²) >= 11 is 0. The Bertz CT molecular complexity index is 714. The van der Waals surface area contributed by atoms with Crippen LogP contribution in [0.5, 0.6) is 11.5 Å². The van der Waals surface area contributed by atoms with Crippen LogP contribution in [0.15, 0.2) is 42.7 Å². The first-order valence-electron chi connectivity index (χ1n) is 7.72. The van der Waals surface area contributed by atoms with Crippen LogP contribution in [0.25, 0.3) is 0 Å². The van der Waals surface area contributed by atoms with Crippen molar-refractivity contribution in [3.63, 3.8) is 0 Å². The van der Waals surface area contributed by atoms with Crippen molar-refractivity contribution in [1.29, 1.82) is 0 Å². The molecule has 1 atom stereocenters. The van der Waals surface area contributed by atoms with Crippen LogP contribution in [-0.2, 0) is 4.79 Å². The number of pyridine rings is 1. The standard InChI is InChI=1S/C18H20N2O4/c1-23-14-3-4-16(24-2)15(9-14)17(18(21)22)20-10-13(11-20)12-5-7-19-8-6-12/h3-9,13,17H,10-11H2,1-2H3,(H,21,22). The van der Waals surface area contributed by atoms with E-state index >= 15 is 0 Å². The topological polar surface area (TPSA) is 71.9 Å². The van der Waals surface area contributed by atoms with Gasteiger partial charge in [0.2, 0.25) is 0 Å². The number of hydrogen-bond donors (Lipinski definition) is 1.